The Morgan fingerprint density at radius 1 is 1.71 bits per heavy atom. The van der Waals surface area contributed by atoms with E-state index < -0.39 is 6.04 Å². The molecular weight excluding hydrogens is 222 g/mol. The molecule has 1 saturated heterocycles. The molecule has 1 N–H and O–H groups in total. The Morgan fingerprint density at radius 3 is 3.00 bits per heavy atom. The van der Waals surface area contributed by atoms with Crippen LogP contribution in [0.1, 0.15) is 29.6 Å². The van der Waals surface area contributed by atoms with Gasteiger partial charge in [0.15, 0.2) is 0 Å². The second-order valence-corrected chi connectivity index (χ2v) is 4.07. The van der Waals surface area contributed by atoms with E-state index in [0.29, 0.717) is 25.2 Å². The van der Waals surface area contributed by atoms with Crippen LogP contribution in [0.25, 0.3) is 0 Å². The molecular formula is C11H15N3O3. The van der Waals surface area contributed by atoms with Crippen molar-refractivity contribution in [1.29, 1.82) is 0 Å². The number of likely N-dealkylation sites (tertiary alicyclic amines) is 1. The molecule has 1 aliphatic heterocycles. The fourth-order valence-corrected chi connectivity index (χ4v) is 1.89. The van der Waals surface area contributed by atoms with Crippen molar-refractivity contribution < 1.29 is 14.1 Å². The number of nitrogens with zero attached hydrogens (tertiary/aromatic N) is 2. The van der Waals surface area contributed by atoms with E-state index in [1.807, 2.05) is 6.92 Å². The first-order valence-electron chi connectivity index (χ1n) is 5.64. The Labute approximate surface area is 98.9 Å². The molecule has 1 atom stereocenters. The number of nitrogens with one attached hydrogen (secondary N) is 1. The second-order valence-electron chi connectivity index (χ2n) is 4.07. The van der Waals surface area contributed by atoms with E-state index in [0.717, 1.165) is 0 Å². The molecule has 0 spiro atoms. The molecule has 17 heavy (non-hydrogen) atoms. The minimum atomic E-state index is -0.437. The summed E-state index contributed by atoms with van der Waals surface area (Å²) >= 11 is 0. The van der Waals surface area contributed by atoms with Crippen LogP contribution < -0.4 is 5.32 Å². The first-order valence-corrected chi connectivity index (χ1v) is 5.64. The summed E-state index contributed by atoms with van der Waals surface area (Å²) in [6.07, 6.45) is 0.644. The molecule has 2 heterocycles. The minimum absolute atomic E-state index is 0.0305. The highest BCUT2D eigenvalue weighted by molar-refractivity contribution is 5.96. The van der Waals surface area contributed by atoms with Gasteiger partial charge in [0.25, 0.3) is 5.91 Å². The number of carbonyl (C=O) groups excluding carboxylic acids is 2. The fraction of sp³-hybridized carbons (Fsp3) is 0.545. The molecule has 6 nitrogen and oxygen atoms in total. The molecule has 0 aromatic carbocycles. The summed E-state index contributed by atoms with van der Waals surface area (Å²) in [7, 11) is 0. The molecule has 1 aromatic heterocycles. The molecule has 0 radical (unpaired) electrons. The minimum Gasteiger partial charge on any atom is -0.351 e. The van der Waals surface area contributed by atoms with Gasteiger partial charge in [0.1, 0.15) is 6.04 Å². The number of hydrogen-bond acceptors (Lipinski definition) is 4. The number of likely N-dealkylation sites (N-methyl/N-ethyl adjacent to an activating group) is 1. The summed E-state index contributed by atoms with van der Waals surface area (Å²) in [6.45, 7) is 5.02. The molecule has 0 bridgehead atoms. The van der Waals surface area contributed by atoms with Gasteiger partial charge in [-0.3, -0.25) is 9.59 Å². The van der Waals surface area contributed by atoms with E-state index >= 15 is 0 Å². The summed E-state index contributed by atoms with van der Waals surface area (Å²) < 4.78 is 4.84. The van der Waals surface area contributed by atoms with Crippen LogP contribution in [0.4, 0.5) is 0 Å². The van der Waals surface area contributed by atoms with E-state index in [1.54, 1.807) is 17.9 Å². The van der Waals surface area contributed by atoms with Crippen LogP contribution in [0, 0.1) is 6.92 Å². The SMILES string of the molecule is CCN1CC[C@@H](NC(=O)c2cc(C)no2)C1=O. The van der Waals surface area contributed by atoms with Crippen LogP contribution in [0.15, 0.2) is 10.6 Å². The highest BCUT2D eigenvalue weighted by atomic mass is 16.5. The molecule has 1 fully saturated rings. The Balaban J connectivity index is 1.98. The van der Waals surface area contributed by atoms with Gasteiger partial charge < -0.3 is 14.7 Å². The van der Waals surface area contributed by atoms with Crippen molar-refractivity contribution in [2.24, 2.45) is 0 Å². The molecule has 2 rings (SSSR count). The lowest BCUT2D eigenvalue weighted by molar-refractivity contribution is -0.129. The van der Waals surface area contributed by atoms with E-state index in [2.05, 4.69) is 10.5 Å². The number of aryl methyl sites for hydroxylation is 1. The average molecular weight is 237 g/mol. The Hall–Kier alpha value is -1.85. The van der Waals surface area contributed by atoms with Crippen LogP contribution >= 0.6 is 0 Å². The van der Waals surface area contributed by atoms with Gasteiger partial charge in [0, 0.05) is 19.2 Å². The quantitative estimate of drug-likeness (QED) is 0.822. The maximum atomic E-state index is 11.8. The highest BCUT2D eigenvalue weighted by Crippen LogP contribution is 2.11. The number of hydrogen-bond donors (Lipinski definition) is 1. The molecule has 1 aliphatic rings. The van der Waals surface area contributed by atoms with Crippen molar-refractivity contribution in [2.45, 2.75) is 26.3 Å². The summed E-state index contributed by atoms with van der Waals surface area (Å²) in [5.74, 6) is -0.274. The highest BCUT2D eigenvalue weighted by Gasteiger charge is 2.32. The zero-order valence-corrected chi connectivity index (χ0v) is 9.90. The van der Waals surface area contributed by atoms with Crippen molar-refractivity contribution in [2.75, 3.05) is 13.1 Å². The van der Waals surface area contributed by atoms with Crippen LogP contribution in [0.3, 0.4) is 0 Å². The van der Waals surface area contributed by atoms with Gasteiger partial charge in [-0.05, 0) is 20.3 Å². The fourth-order valence-electron chi connectivity index (χ4n) is 1.89. The Kier molecular flexibility index (Phi) is 3.12. The molecule has 0 unspecified atom stereocenters. The summed E-state index contributed by atoms with van der Waals surface area (Å²) in [5, 5.41) is 6.29. The van der Waals surface area contributed by atoms with Crippen LogP contribution in [-0.4, -0.2) is 41.0 Å². The average Bonchev–Trinajstić information content (AvgIpc) is 2.87. The predicted octanol–water partition coefficient (Wildman–Crippen LogP) is 0.334. The molecule has 6 heteroatoms. The summed E-state index contributed by atoms with van der Waals surface area (Å²) in [6, 6.07) is 1.11. The van der Waals surface area contributed by atoms with Gasteiger partial charge in [-0.25, -0.2) is 0 Å². The largest absolute Gasteiger partial charge is 0.351 e. The monoisotopic (exact) mass is 237 g/mol. The van der Waals surface area contributed by atoms with Gasteiger partial charge >= 0.3 is 0 Å². The van der Waals surface area contributed by atoms with E-state index in [1.165, 1.54) is 0 Å². The molecule has 92 valence electrons. The lowest BCUT2D eigenvalue weighted by atomic mass is 10.2. The number of aromatic nitrogens is 1. The third-order valence-electron chi connectivity index (χ3n) is 2.84. The topological polar surface area (TPSA) is 75.4 Å². The predicted molar refractivity (Wildman–Crippen MR) is 59.4 cm³/mol. The molecule has 0 aliphatic carbocycles. The standard InChI is InChI=1S/C11H15N3O3/c1-3-14-5-4-8(11(14)16)12-10(15)9-6-7(2)13-17-9/h6,8H,3-5H2,1-2H3,(H,12,15)/t8-/m1/s1. The van der Waals surface area contributed by atoms with E-state index in [9.17, 15) is 9.59 Å². The van der Waals surface area contributed by atoms with Crippen LogP contribution in [-0.2, 0) is 4.79 Å². The van der Waals surface area contributed by atoms with E-state index in [4.69, 9.17) is 4.52 Å². The van der Waals surface area contributed by atoms with Gasteiger partial charge in [0.2, 0.25) is 11.7 Å². The third-order valence-corrected chi connectivity index (χ3v) is 2.84. The van der Waals surface area contributed by atoms with E-state index in [-0.39, 0.29) is 17.6 Å². The van der Waals surface area contributed by atoms with Gasteiger partial charge in [-0.15, -0.1) is 0 Å². The molecule has 2 amide bonds. The van der Waals surface area contributed by atoms with Crippen LogP contribution in [0.5, 0.6) is 0 Å². The number of rotatable bonds is 3. The van der Waals surface area contributed by atoms with Crippen molar-refractivity contribution >= 4 is 11.8 Å². The smallest absolute Gasteiger partial charge is 0.290 e. The van der Waals surface area contributed by atoms with Crippen molar-refractivity contribution in [1.82, 2.24) is 15.4 Å². The second kappa shape index (κ2) is 4.57. The van der Waals surface area contributed by atoms with Gasteiger partial charge in [0.05, 0.1) is 5.69 Å². The summed E-state index contributed by atoms with van der Waals surface area (Å²) in [4.78, 5) is 25.2. The third kappa shape index (κ3) is 2.30. The Bertz CT molecular complexity index is 441. The van der Waals surface area contributed by atoms with Crippen LogP contribution in [0.2, 0.25) is 0 Å². The zero-order valence-electron chi connectivity index (χ0n) is 9.90. The van der Waals surface area contributed by atoms with Crippen molar-refractivity contribution in [3.05, 3.63) is 17.5 Å². The number of amides is 2. The normalized spacial score (nSPS) is 19.8. The first kappa shape index (κ1) is 11.6. The van der Waals surface area contributed by atoms with Gasteiger partial charge in [-0.2, -0.15) is 0 Å². The number of carbonyl (C=O) groups is 2. The molecule has 1 aromatic rings. The summed E-state index contributed by atoms with van der Waals surface area (Å²) in [5.41, 5.74) is 0.642. The lowest BCUT2D eigenvalue weighted by Gasteiger charge is -2.13. The maximum absolute atomic E-state index is 11.8. The van der Waals surface area contributed by atoms with Gasteiger partial charge in [-0.1, -0.05) is 5.16 Å². The Morgan fingerprint density at radius 2 is 2.47 bits per heavy atom. The zero-order chi connectivity index (χ0) is 12.4. The molecule has 0 saturated carbocycles. The van der Waals surface area contributed by atoms with Crippen molar-refractivity contribution in [3.63, 3.8) is 0 Å². The lowest BCUT2D eigenvalue weighted by Crippen LogP contribution is -2.41. The first-order chi connectivity index (χ1) is 8.11. The van der Waals surface area contributed by atoms with Crippen molar-refractivity contribution in [3.8, 4) is 0 Å². The maximum Gasteiger partial charge on any atom is 0.290 e.